The van der Waals surface area contributed by atoms with Gasteiger partial charge in [0.15, 0.2) is 12.0 Å². The number of nitrogens with zero attached hydrogens (tertiary/aromatic N) is 2. The number of amides is 1. The van der Waals surface area contributed by atoms with Crippen molar-refractivity contribution < 1.29 is 9.21 Å². The molecular weight excluding hydrogens is 244 g/mol. The van der Waals surface area contributed by atoms with Crippen LogP contribution in [0, 0.1) is 0 Å². The second-order valence-electron chi connectivity index (χ2n) is 3.96. The maximum Gasteiger partial charge on any atom is 0.255 e. The number of nitrogens with one attached hydrogen (secondary N) is 1. The van der Waals surface area contributed by atoms with E-state index in [0.717, 1.165) is 0 Å². The molecule has 0 unspecified atom stereocenters. The van der Waals surface area contributed by atoms with E-state index in [2.05, 4.69) is 15.3 Å². The molecule has 0 fully saturated rings. The highest BCUT2D eigenvalue weighted by molar-refractivity contribution is 6.05. The van der Waals surface area contributed by atoms with Crippen molar-refractivity contribution in [1.82, 2.24) is 9.97 Å². The van der Waals surface area contributed by atoms with E-state index in [1.807, 2.05) is 0 Å². The number of fused-ring (bicyclic) bond motifs is 1. The van der Waals surface area contributed by atoms with E-state index in [0.29, 0.717) is 28.2 Å². The second kappa shape index (κ2) is 4.41. The number of carbonyl (C=O) groups is 1. The van der Waals surface area contributed by atoms with E-state index in [9.17, 15) is 4.79 Å². The third-order valence-corrected chi connectivity index (χ3v) is 2.64. The molecule has 0 bridgehead atoms. The van der Waals surface area contributed by atoms with Crippen LogP contribution in [0.5, 0.6) is 0 Å². The molecule has 0 aliphatic carbocycles. The van der Waals surface area contributed by atoms with Gasteiger partial charge in [0.2, 0.25) is 0 Å². The molecule has 3 aromatic rings. The minimum absolute atomic E-state index is 0.245. The first-order valence-electron chi connectivity index (χ1n) is 5.58. The predicted octanol–water partition coefficient (Wildman–Crippen LogP) is 2.06. The average molecular weight is 254 g/mol. The Kier molecular flexibility index (Phi) is 2.60. The van der Waals surface area contributed by atoms with Crippen molar-refractivity contribution in [1.29, 1.82) is 0 Å². The van der Waals surface area contributed by atoms with Gasteiger partial charge in [-0.2, -0.15) is 0 Å². The fourth-order valence-corrected chi connectivity index (χ4v) is 1.68. The molecule has 94 valence electrons. The minimum atomic E-state index is -0.245. The highest BCUT2D eigenvalue weighted by Gasteiger charge is 2.08. The average Bonchev–Trinajstić information content (AvgIpc) is 2.88. The van der Waals surface area contributed by atoms with Crippen molar-refractivity contribution in [3.63, 3.8) is 0 Å². The van der Waals surface area contributed by atoms with Gasteiger partial charge in [-0.25, -0.2) is 9.97 Å². The van der Waals surface area contributed by atoms with Crippen LogP contribution in [-0.4, -0.2) is 15.9 Å². The normalized spacial score (nSPS) is 10.5. The highest BCUT2D eigenvalue weighted by atomic mass is 16.3. The Hall–Kier alpha value is -2.89. The molecule has 0 radical (unpaired) electrons. The van der Waals surface area contributed by atoms with Gasteiger partial charge in [-0.3, -0.25) is 4.79 Å². The number of hydrogen-bond acceptors (Lipinski definition) is 5. The van der Waals surface area contributed by atoms with Crippen LogP contribution in [0.4, 0.5) is 11.5 Å². The molecule has 0 saturated heterocycles. The topological polar surface area (TPSA) is 94.0 Å². The Bertz CT molecular complexity index is 734. The Morgan fingerprint density at radius 2 is 2.11 bits per heavy atom. The van der Waals surface area contributed by atoms with Gasteiger partial charge >= 0.3 is 0 Å². The van der Waals surface area contributed by atoms with Crippen LogP contribution in [0.3, 0.4) is 0 Å². The Morgan fingerprint density at radius 3 is 2.89 bits per heavy atom. The number of hydrogen-bond donors (Lipinski definition) is 2. The molecule has 6 nitrogen and oxygen atoms in total. The number of benzene rings is 1. The third-order valence-electron chi connectivity index (χ3n) is 2.64. The van der Waals surface area contributed by atoms with Crippen molar-refractivity contribution in [3.8, 4) is 0 Å². The van der Waals surface area contributed by atoms with E-state index in [4.69, 9.17) is 10.2 Å². The number of carbonyl (C=O) groups excluding carboxylic acids is 1. The van der Waals surface area contributed by atoms with Crippen LogP contribution in [-0.2, 0) is 0 Å². The van der Waals surface area contributed by atoms with Crippen molar-refractivity contribution in [2.75, 3.05) is 11.1 Å². The summed E-state index contributed by atoms with van der Waals surface area (Å²) in [7, 11) is 0. The summed E-state index contributed by atoms with van der Waals surface area (Å²) in [5, 5.41) is 2.72. The Labute approximate surface area is 108 Å². The Morgan fingerprint density at radius 1 is 1.21 bits per heavy atom. The number of rotatable bonds is 2. The zero-order valence-corrected chi connectivity index (χ0v) is 9.83. The molecule has 3 rings (SSSR count). The molecule has 0 saturated carbocycles. The fraction of sp³-hybridized carbons (Fsp3) is 0. The maximum absolute atomic E-state index is 12.0. The Balaban J connectivity index is 1.84. The standard InChI is InChI=1S/C13H10N4O2/c14-12-4-2-9(6-15-12)17-13(18)8-1-3-10-11(5-8)19-7-16-10/h1-7H,(H2,14,15)(H,17,18). The molecule has 0 atom stereocenters. The summed E-state index contributed by atoms with van der Waals surface area (Å²) in [5.74, 6) is 0.158. The zero-order valence-electron chi connectivity index (χ0n) is 9.83. The lowest BCUT2D eigenvalue weighted by atomic mass is 10.2. The van der Waals surface area contributed by atoms with Gasteiger partial charge in [-0.15, -0.1) is 0 Å². The smallest absolute Gasteiger partial charge is 0.255 e. The molecule has 2 aromatic heterocycles. The summed E-state index contributed by atoms with van der Waals surface area (Å²) in [4.78, 5) is 19.9. The minimum Gasteiger partial charge on any atom is -0.443 e. The first kappa shape index (κ1) is 11.2. The van der Waals surface area contributed by atoms with Gasteiger partial charge in [0.25, 0.3) is 5.91 Å². The van der Waals surface area contributed by atoms with Crippen molar-refractivity contribution in [3.05, 3.63) is 48.5 Å². The van der Waals surface area contributed by atoms with Gasteiger partial charge in [0.05, 0.1) is 11.9 Å². The molecule has 1 amide bonds. The van der Waals surface area contributed by atoms with Crippen LogP contribution in [0.25, 0.3) is 11.1 Å². The van der Waals surface area contributed by atoms with E-state index in [1.165, 1.54) is 12.6 Å². The third kappa shape index (κ3) is 2.23. The molecule has 0 aliphatic heterocycles. The number of pyridine rings is 1. The lowest BCUT2D eigenvalue weighted by Gasteiger charge is -2.04. The zero-order chi connectivity index (χ0) is 13.2. The van der Waals surface area contributed by atoms with Gasteiger partial charge in [0.1, 0.15) is 11.3 Å². The first-order chi connectivity index (χ1) is 9.22. The van der Waals surface area contributed by atoms with Crippen LogP contribution < -0.4 is 11.1 Å². The fourth-order valence-electron chi connectivity index (χ4n) is 1.68. The van der Waals surface area contributed by atoms with E-state index in [1.54, 1.807) is 30.3 Å². The molecule has 1 aromatic carbocycles. The number of nitrogen functional groups attached to an aromatic ring is 1. The highest BCUT2D eigenvalue weighted by Crippen LogP contribution is 2.16. The van der Waals surface area contributed by atoms with E-state index < -0.39 is 0 Å². The molecule has 19 heavy (non-hydrogen) atoms. The lowest BCUT2D eigenvalue weighted by molar-refractivity contribution is 0.102. The SMILES string of the molecule is Nc1ccc(NC(=O)c2ccc3ncoc3c2)cn1. The summed E-state index contributed by atoms with van der Waals surface area (Å²) >= 11 is 0. The summed E-state index contributed by atoms with van der Waals surface area (Å²) in [5.41, 5.74) is 7.83. The molecular formula is C13H10N4O2. The van der Waals surface area contributed by atoms with Gasteiger partial charge in [-0.05, 0) is 30.3 Å². The van der Waals surface area contributed by atoms with Gasteiger partial charge in [-0.1, -0.05) is 0 Å². The van der Waals surface area contributed by atoms with E-state index >= 15 is 0 Å². The number of oxazole rings is 1. The van der Waals surface area contributed by atoms with Crippen LogP contribution in [0.1, 0.15) is 10.4 Å². The monoisotopic (exact) mass is 254 g/mol. The second-order valence-corrected chi connectivity index (χ2v) is 3.96. The number of aromatic nitrogens is 2. The van der Waals surface area contributed by atoms with Crippen molar-refractivity contribution in [2.24, 2.45) is 0 Å². The molecule has 0 aliphatic rings. The number of nitrogens with two attached hydrogens (primary N) is 1. The summed E-state index contributed by atoms with van der Waals surface area (Å²) in [6.45, 7) is 0. The van der Waals surface area contributed by atoms with Crippen LogP contribution in [0.2, 0.25) is 0 Å². The van der Waals surface area contributed by atoms with Crippen molar-refractivity contribution >= 4 is 28.5 Å². The molecule has 0 spiro atoms. The first-order valence-corrected chi connectivity index (χ1v) is 5.58. The number of anilines is 2. The molecule has 3 N–H and O–H groups in total. The van der Waals surface area contributed by atoms with Gasteiger partial charge < -0.3 is 15.5 Å². The van der Waals surface area contributed by atoms with Gasteiger partial charge in [0, 0.05) is 5.56 Å². The lowest BCUT2D eigenvalue weighted by Crippen LogP contribution is -2.12. The van der Waals surface area contributed by atoms with Crippen molar-refractivity contribution in [2.45, 2.75) is 0 Å². The maximum atomic E-state index is 12.0. The summed E-state index contributed by atoms with van der Waals surface area (Å²) in [6, 6.07) is 8.37. The van der Waals surface area contributed by atoms with E-state index in [-0.39, 0.29) is 5.91 Å². The summed E-state index contributed by atoms with van der Waals surface area (Å²) in [6.07, 6.45) is 2.84. The van der Waals surface area contributed by atoms with Crippen LogP contribution in [0.15, 0.2) is 47.3 Å². The summed E-state index contributed by atoms with van der Waals surface area (Å²) < 4.78 is 5.15. The van der Waals surface area contributed by atoms with Crippen LogP contribution >= 0.6 is 0 Å². The quantitative estimate of drug-likeness (QED) is 0.730. The predicted molar refractivity (Wildman–Crippen MR) is 70.6 cm³/mol. The molecule has 2 heterocycles. The largest absolute Gasteiger partial charge is 0.443 e. The molecule has 6 heteroatoms.